The Balaban J connectivity index is 2.38. The van der Waals surface area contributed by atoms with Gasteiger partial charge in [-0.2, -0.15) is 0 Å². The molecule has 0 N–H and O–H groups in total. The van der Waals surface area contributed by atoms with Gasteiger partial charge in [-0.3, -0.25) is 4.79 Å². The smallest absolute Gasteiger partial charge is 0.242 e. The van der Waals surface area contributed by atoms with E-state index in [2.05, 4.69) is 0 Å². The van der Waals surface area contributed by atoms with Crippen LogP contribution in [-0.4, -0.2) is 37.8 Å². The van der Waals surface area contributed by atoms with Crippen LogP contribution in [0.4, 0.5) is 5.69 Å². The molecule has 1 aromatic carbocycles. The van der Waals surface area contributed by atoms with E-state index >= 15 is 0 Å². The summed E-state index contributed by atoms with van der Waals surface area (Å²) in [5.74, 6) is -0.247. The maximum Gasteiger partial charge on any atom is 0.242 e. The predicted molar refractivity (Wildman–Crippen MR) is 76.4 cm³/mol. The fourth-order valence-electron chi connectivity index (χ4n) is 2.41. The zero-order valence-electron chi connectivity index (χ0n) is 10.7. The predicted octanol–water partition coefficient (Wildman–Crippen LogP) is 1.75. The van der Waals surface area contributed by atoms with Crippen LogP contribution in [0.3, 0.4) is 0 Å². The lowest BCUT2D eigenvalue weighted by Crippen LogP contribution is -2.42. The quantitative estimate of drug-likeness (QED) is 0.799. The maximum absolute atomic E-state index is 12.1. The second-order valence-corrected chi connectivity index (χ2v) is 7.24. The first-order chi connectivity index (χ1) is 8.94. The molecule has 0 bridgehead atoms. The van der Waals surface area contributed by atoms with Crippen LogP contribution in [0.1, 0.15) is 12.0 Å². The minimum atomic E-state index is -3.04. The largest absolute Gasteiger partial charge is 0.307 e. The molecule has 1 atom stereocenters. The number of carbonyl (C=O) groups excluding carboxylic acids is 1. The van der Waals surface area contributed by atoms with Crippen molar-refractivity contribution in [3.63, 3.8) is 0 Å². The van der Waals surface area contributed by atoms with Crippen molar-refractivity contribution in [2.45, 2.75) is 19.4 Å². The Bertz CT molecular complexity index is 585. The normalized spacial score (nSPS) is 21.3. The summed E-state index contributed by atoms with van der Waals surface area (Å²) in [7, 11) is -3.04. The molecule has 1 aliphatic heterocycles. The summed E-state index contributed by atoms with van der Waals surface area (Å²) in [5.41, 5.74) is 1.68. The van der Waals surface area contributed by atoms with Gasteiger partial charge in [-0.25, -0.2) is 8.42 Å². The van der Waals surface area contributed by atoms with Crippen LogP contribution < -0.4 is 4.90 Å². The van der Waals surface area contributed by atoms with Gasteiger partial charge in [0.2, 0.25) is 5.91 Å². The van der Waals surface area contributed by atoms with Gasteiger partial charge in [0.25, 0.3) is 0 Å². The van der Waals surface area contributed by atoms with Crippen molar-refractivity contribution in [1.82, 2.24) is 0 Å². The van der Waals surface area contributed by atoms with Crippen LogP contribution in [0, 0.1) is 6.92 Å². The van der Waals surface area contributed by atoms with E-state index in [0.29, 0.717) is 6.42 Å². The van der Waals surface area contributed by atoms with Crippen molar-refractivity contribution in [3.8, 4) is 0 Å². The first-order valence-corrected chi connectivity index (χ1v) is 8.44. The highest BCUT2D eigenvalue weighted by Gasteiger charge is 2.35. The molecule has 104 valence electrons. The molecule has 0 spiro atoms. The first-order valence-electron chi connectivity index (χ1n) is 6.08. The molecule has 6 heteroatoms. The van der Waals surface area contributed by atoms with Crippen LogP contribution >= 0.6 is 11.6 Å². The van der Waals surface area contributed by atoms with Gasteiger partial charge in [0, 0.05) is 5.69 Å². The Hall–Kier alpha value is -1.07. The molecule has 0 aromatic heterocycles. The molecule has 4 nitrogen and oxygen atoms in total. The Morgan fingerprint density at radius 1 is 1.42 bits per heavy atom. The minimum Gasteiger partial charge on any atom is -0.307 e. The summed E-state index contributed by atoms with van der Waals surface area (Å²) in [6, 6.07) is 7.13. The monoisotopic (exact) mass is 301 g/mol. The number of rotatable bonds is 3. The summed E-state index contributed by atoms with van der Waals surface area (Å²) in [6.07, 6.45) is 0.472. The fraction of sp³-hybridized carbons (Fsp3) is 0.462. The molecule has 2 rings (SSSR count). The first kappa shape index (κ1) is 14.3. The van der Waals surface area contributed by atoms with E-state index in [9.17, 15) is 13.2 Å². The fourth-order valence-corrected chi connectivity index (χ4v) is 4.24. The van der Waals surface area contributed by atoms with Crippen molar-refractivity contribution in [2.24, 2.45) is 0 Å². The van der Waals surface area contributed by atoms with Gasteiger partial charge in [-0.15, -0.1) is 11.6 Å². The highest BCUT2D eigenvalue weighted by atomic mass is 35.5. The molecule has 0 saturated carbocycles. The molecular weight excluding hydrogens is 286 g/mol. The third-order valence-electron chi connectivity index (χ3n) is 3.33. The van der Waals surface area contributed by atoms with Crippen LogP contribution in [0.25, 0.3) is 0 Å². The number of benzene rings is 1. The molecule has 0 aliphatic carbocycles. The van der Waals surface area contributed by atoms with Gasteiger partial charge >= 0.3 is 0 Å². The number of para-hydroxylation sites is 1. The molecule has 1 fully saturated rings. The highest BCUT2D eigenvalue weighted by molar-refractivity contribution is 7.91. The number of alkyl halides is 1. The average molecular weight is 302 g/mol. The number of carbonyl (C=O) groups is 1. The molecule has 1 aromatic rings. The Morgan fingerprint density at radius 2 is 2.11 bits per heavy atom. The van der Waals surface area contributed by atoms with Crippen molar-refractivity contribution in [3.05, 3.63) is 29.8 Å². The van der Waals surface area contributed by atoms with E-state index in [1.807, 2.05) is 31.2 Å². The van der Waals surface area contributed by atoms with Gasteiger partial charge < -0.3 is 4.90 Å². The van der Waals surface area contributed by atoms with Gasteiger partial charge in [0.15, 0.2) is 9.84 Å². The average Bonchev–Trinajstić information content (AvgIpc) is 2.72. The van der Waals surface area contributed by atoms with Crippen molar-refractivity contribution >= 4 is 33.0 Å². The summed E-state index contributed by atoms with van der Waals surface area (Å²) >= 11 is 5.66. The number of amides is 1. The number of nitrogens with zero attached hydrogens (tertiary/aromatic N) is 1. The zero-order chi connectivity index (χ0) is 14.0. The number of hydrogen-bond donors (Lipinski definition) is 0. The standard InChI is InChI=1S/C13H16ClNO3S/c1-10-4-2-3-5-12(10)15(13(16)8-14)11-6-7-19(17,18)9-11/h2-5,11H,6-9H2,1H3. The summed E-state index contributed by atoms with van der Waals surface area (Å²) in [6.45, 7) is 1.90. The van der Waals surface area contributed by atoms with Gasteiger partial charge in [0.1, 0.15) is 5.88 Å². The maximum atomic E-state index is 12.1. The second kappa shape index (κ2) is 5.51. The van der Waals surface area contributed by atoms with Crippen molar-refractivity contribution in [2.75, 3.05) is 22.3 Å². The van der Waals surface area contributed by atoms with E-state index in [1.54, 1.807) is 4.90 Å². The topological polar surface area (TPSA) is 54.5 Å². The lowest BCUT2D eigenvalue weighted by atomic mass is 10.1. The van der Waals surface area contributed by atoms with Crippen LogP contribution in [-0.2, 0) is 14.6 Å². The Kier molecular flexibility index (Phi) is 4.16. The number of aryl methyl sites for hydroxylation is 1. The van der Waals surface area contributed by atoms with E-state index < -0.39 is 9.84 Å². The van der Waals surface area contributed by atoms with E-state index in [0.717, 1.165) is 11.3 Å². The van der Waals surface area contributed by atoms with Crippen molar-refractivity contribution < 1.29 is 13.2 Å². The Morgan fingerprint density at radius 3 is 2.63 bits per heavy atom. The van der Waals surface area contributed by atoms with E-state index in [-0.39, 0.29) is 29.3 Å². The lowest BCUT2D eigenvalue weighted by molar-refractivity contribution is -0.116. The molecule has 1 unspecified atom stereocenters. The molecule has 1 amide bonds. The van der Waals surface area contributed by atoms with Crippen LogP contribution in [0.5, 0.6) is 0 Å². The van der Waals surface area contributed by atoms with Gasteiger partial charge in [-0.1, -0.05) is 18.2 Å². The molecule has 0 radical (unpaired) electrons. The molecule has 1 saturated heterocycles. The summed E-state index contributed by atoms with van der Waals surface area (Å²) in [4.78, 5) is 13.6. The second-order valence-electron chi connectivity index (χ2n) is 4.74. The van der Waals surface area contributed by atoms with E-state index in [1.165, 1.54) is 0 Å². The van der Waals surface area contributed by atoms with Crippen LogP contribution in [0.15, 0.2) is 24.3 Å². The summed E-state index contributed by atoms with van der Waals surface area (Å²) < 4.78 is 23.2. The minimum absolute atomic E-state index is 0.0178. The lowest BCUT2D eigenvalue weighted by Gasteiger charge is -2.29. The zero-order valence-corrected chi connectivity index (χ0v) is 12.2. The third-order valence-corrected chi connectivity index (χ3v) is 5.31. The van der Waals surface area contributed by atoms with Gasteiger partial charge in [-0.05, 0) is 25.0 Å². The van der Waals surface area contributed by atoms with Crippen LogP contribution in [0.2, 0.25) is 0 Å². The number of hydrogen-bond acceptors (Lipinski definition) is 3. The highest BCUT2D eigenvalue weighted by Crippen LogP contribution is 2.27. The molecule has 1 aliphatic rings. The third kappa shape index (κ3) is 3.09. The van der Waals surface area contributed by atoms with Crippen molar-refractivity contribution in [1.29, 1.82) is 0 Å². The number of halogens is 1. The SMILES string of the molecule is Cc1ccccc1N(C(=O)CCl)C1CCS(=O)(=O)C1. The molecule has 19 heavy (non-hydrogen) atoms. The van der Waals surface area contributed by atoms with E-state index in [4.69, 9.17) is 11.6 Å². The molecule has 1 heterocycles. The number of anilines is 1. The van der Waals surface area contributed by atoms with Gasteiger partial charge in [0.05, 0.1) is 17.5 Å². The Labute approximate surface area is 118 Å². The molecular formula is C13H16ClNO3S. The summed E-state index contributed by atoms with van der Waals surface area (Å²) in [5, 5.41) is 0. The number of sulfone groups is 1.